The third kappa shape index (κ3) is 4.67. The van der Waals surface area contributed by atoms with Gasteiger partial charge in [0, 0.05) is 13.1 Å². The fourth-order valence-electron chi connectivity index (χ4n) is 2.02. The second kappa shape index (κ2) is 7.29. The van der Waals surface area contributed by atoms with E-state index in [9.17, 15) is 4.79 Å². The third-order valence-corrected chi connectivity index (χ3v) is 3.51. The molecule has 1 amide bonds. The molecule has 0 heterocycles. The van der Waals surface area contributed by atoms with E-state index in [1.165, 1.54) is 5.56 Å². The van der Waals surface area contributed by atoms with Gasteiger partial charge in [-0.15, -0.1) is 0 Å². The van der Waals surface area contributed by atoms with Gasteiger partial charge in [-0.3, -0.25) is 4.79 Å². The van der Waals surface area contributed by atoms with Gasteiger partial charge in [0.2, 0.25) is 5.91 Å². The van der Waals surface area contributed by atoms with E-state index in [1.54, 1.807) is 0 Å². The van der Waals surface area contributed by atoms with Gasteiger partial charge in [-0.05, 0) is 23.0 Å². The Bertz CT molecular complexity index is 396. The van der Waals surface area contributed by atoms with Crippen LogP contribution in [-0.2, 0) is 11.3 Å². The lowest BCUT2D eigenvalue weighted by Crippen LogP contribution is -2.37. The third-order valence-electron chi connectivity index (χ3n) is 3.51. The summed E-state index contributed by atoms with van der Waals surface area (Å²) in [7, 11) is 0. The molecule has 0 aromatic heterocycles. The lowest BCUT2D eigenvalue weighted by atomic mass is 9.95. The molecule has 0 aliphatic carbocycles. The van der Waals surface area contributed by atoms with Gasteiger partial charge in [0.15, 0.2) is 0 Å². The van der Waals surface area contributed by atoms with E-state index in [1.807, 2.05) is 13.8 Å². The maximum Gasteiger partial charge on any atom is 0.224 e. The van der Waals surface area contributed by atoms with Crippen LogP contribution in [0.25, 0.3) is 0 Å². The molecule has 0 radical (unpaired) electrons. The van der Waals surface area contributed by atoms with Crippen molar-refractivity contribution in [2.75, 3.05) is 6.54 Å². The predicted octanol–water partition coefficient (Wildman–Crippen LogP) is 2.66. The first-order chi connectivity index (χ1) is 8.95. The number of rotatable bonds is 6. The molecule has 0 saturated carbocycles. The minimum atomic E-state index is -0.102. The molecule has 3 nitrogen and oxygen atoms in total. The maximum absolute atomic E-state index is 12.0. The number of amides is 1. The molecular weight excluding hydrogens is 236 g/mol. The lowest BCUT2D eigenvalue weighted by molar-refractivity contribution is -0.126. The Labute approximate surface area is 116 Å². The average Bonchev–Trinajstić information content (AvgIpc) is 2.37. The molecule has 106 valence electrons. The monoisotopic (exact) mass is 262 g/mol. The van der Waals surface area contributed by atoms with E-state index in [0.717, 1.165) is 5.56 Å². The zero-order valence-electron chi connectivity index (χ0n) is 12.4. The molecule has 19 heavy (non-hydrogen) atoms. The lowest BCUT2D eigenvalue weighted by Gasteiger charge is -2.18. The van der Waals surface area contributed by atoms with Crippen molar-refractivity contribution in [2.24, 2.45) is 17.6 Å². The van der Waals surface area contributed by atoms with Crippen molar-refractivity contribution in [1.82, 2.24) is 5.32 Å². The summed E-state index contributed by atoms with van der Waals surface area (Å²) < 4.78 is 0. The molecule has 1 atom stereocenters. The van der Waals surface area contributed by atoms with Crippen LogP contribution >= 0.6 is 0 Å². The van der Waals surface area contributed by atoms with Crippen LogP contribution in [0.3, 0.4) is 0 Å². The Morgan fingerprint density at radius 2 is 1.74 bits per heavy atom. The van der Waals surface area contributed by atoms with Gasteiger partial charge in [-0.25, -0.2) is 0 Å². The summed E-state index contributed by atoms with van der Waals surface area (Å²) in [5.41, 5.74) is 8.08. The Morgan fingerprint density at radius 1 is 1.16 bits per heavy atom. The SMILES string of the molecule is CC(C)c1ccc(CNC(=O)C(CN)C(C)C)cc1. The summed E-state index contributed by atoms with van der Waals surface area (Å²) >= 11 is 0. The highest BCUT2D eigenvalue weighted by Gasteiger charge is 2.19. The number of hydrogen-bond donors (Lipinski definition) is 2. The van der Waals surface area contributed by atoms with Gasteiger partial charge < -0.3 is 11.1 Å². The van der Waals surface area contributed by atoms with E-state index in [-0.39, 0.29) is 17.7 Å². The Morgan fingerprint density at radius 3 is 2.16 bits per heavy atom. The maximum atomic E-state index is 12.0. The van der Waals surface area contributed by atoms with Crippen LogP contribution in [-0.4, -0.2) is 12.5 Å². The molecule has 0 saturated heterocycles. The molecule has 1 unspecified atom stereocenters. The normalized spacial score (nSPS) is 12.8. The molecule has 3 heteroatoms. The van der Waals surface area contributed by atoms with Crippen molar-refractivity contribution >= 4 is 5.91 Å². The molecule has 1 rings (SSSR count). The van der Waals surface area contributed by atoms with Crippen LogP contribution < -0.4 is 11.1 Å². The summed E-state index contributed by atoms with van der Waals surface area (Å²) in [6.45, 7) is 9.36. The van der Waals surface area contributed by atoms with Crippen LogP contribution in [0.1, 0.15) is 44.7 Å². The highest BCUT2D eigenvalue weighted by Crippen LogP contribution is 2.15. The van der Waals surface area contributed by atoms with Crippen molar-refractivity contribution in [3.05, 3.63) is 35.4 Å². The molecule has 1 aromatic rings. The van der Waals surface area contributed by atoms with Crippen LogP contribution in [0.4, 0.5) is 0 Å². The fraction of sp³-hybridized carbons (Fsp3) is 0.562. The predicted molar refractivity (Wildman–Crippen MR) is 79.8 cm³/mol. The Kier molecular flexibility index (Phi) is 6.03. The molecule has 0 spiro atoms. The first-order valence-corrected chi connectivity index (χ1v) is 7.02. The number of nitrogens with two attached hydrogens (primary N) is 1. The summed E-state index contributed by atoms with van der Waals surface area (Å²) in [6, 6.07) is 8.38. The van der Waals surface area contributed by atoms with Gasteiger partial charge in [0.1, 0.15) is 0 Å². The molecular formula is C16H26N2O. The smallest absolute Gasteiger partial charge is 0.224 e. The molecule has 0 bridgehead atoms. The largest absolute Gasteiger partial charge is 0.352 e. The standard InChI is InChI=1S/C16H26N2O/c1-11(2)14-7-5-13(6-8-14)10-18-16(19)15(9-17)12(3)4/h5-8,11-12,15H,9-10,17H2,1-4H3,(H,18,19). The number of hydrogen-bond acceptors (Lipinski definition) is 2. The zero-order valence-corrected chi connectivity index (χ0v) is 12.4. The number of carbonyl (C=O) groups excluding carboxylic acids is 1. The van der Waals surface area contributed by atoms with Crippen molar-refractivity contribution in [2.45, 2.75) is 40.2 Å². The molecule has 0 fully saturated rings. The Balaban J connectivity index is 2.54. The van der Waals surface area contributed by atoms with Crippen molar-refractivity contribution < 1.29 is 4.79 Å². The van der Waals surface area contributed by atoms with Crippen LogP contribution in [0.15, 0.2) is 24.3 Å². The van der Waals surface area contributed by atoms with E-state index >= 15 is 0 Å². The van der Waals surface area contributed by atoms with Gasteiger partial charge in [-0.2, -0.15) is 0 Å². The van der Waals surface area contributed by atoms with E-state index in [0.29, 0.717) is 19.0 Å². The van der Waals surface area contributed by atoms with E-state index in [2.05, 4.69) is 43.4 Å². The van der Waals surface area contributed by atoms with Crippen molar-refractivity contribution in [3.8, 4) is 0 Å². The highest BCUT2D eigenvalue weighted by atomic mass is 16.1. The second-order valence-electron chi connectivity index (χ2n) is 5.70. The summed E-state index contributed by atoms with van der Waals surface area (Å²) in [6.07, 6.45) is 0. The minimum absolute atomic E-state index is 0.0467. The number of nitrogens with one attached hydrogen (secondary N) is 1. The second-order valence-corrected chi connectivity index (χ2v) is 5.70. The quantitative estimate of drug-likeness (QED) is 0.828. The minimum Gasteiger partial charge on any atom is -0.352 e. The van der Waals surface area contributed by atoms with E-state index < -0.39 is 0 Å². The fourth-order valence-corrected chi connectivity index (χ4v) is 2.02. The summed E-state index contributed by atoms with van der Waals surface area (Å²) in [5, 5.41) is 2.96. The molecule has 1 aromatic carbocycles. The van der Waals surface area contributed by atoms with Gasteiger partial charge >= 0.3 is 0 Å². The molecule has 3 N–H and O–H groups in total. The highest BCUT2D eigenvalue weighted by molar-refractivity contribution is 5.79. The summed E-state index contributed by atoms with van der Waals surface area (Å²) in [4.78, 5) is 12.0. The zero-order chi connectivity index (χ0) is 14.4. The Hall–Kier alpha value is -1.35. The van der Waals surface area contributed by atoms with Crippen LogP contribution in [0.5, 0.6) is 0 Å². The van der Waals surface area contributed by atoms with Crippen LogP contribution in [0.2, 0.25) is 0 Å². The van der Waals surface area contributed by atoms with Crippen molar-refractivity contribution in [3.63, 3.8) is 0 Å². The average molecular weight is 262 g/mol. The molecule has 0 aliphatic heterocycles. The van der Waals surface area contributed by atoms with Gasteiger partial charge in [0.05, 0.1) is 5.92 Å². The van der Waals surface area contributed by atoms with Gasteiger partial charge in [0.25, 0.3) is 0 Å². The molecule has 0 aliphatic rings. The van der Waals surface area contributed by atoms with Gasteiger partial charge in [-0.1, -0.05) is 52.0 Å². The van der Waals surface area contributed by atoms with E-state index in [4.69, 9.17) is 5.73 Å². The number of benzene rings is 1. The first-order valence-electron chi connectivity index (χ1n) is 7.02. The summed E-state index contributed by atoms with van der Waals surface area (Å²) in [5.74, 6) is 0.750. The number of carbonyl (C=O) groups is 1. The first kappa shape index (κ1) is 15.7. The van der Waals surface area contributed by atoms with Crippen LogP contribution in [0, 0.1) is 11.8 Å². The van der Waals surface area contributed by atoms with Crippen molar-refractivity contribution in [1.29, 1.82) is 0 Å². The topological polar surface area (TPSA) is 55.1 Å².